The van der Waals surface area contributed by atoms with Crippen molar-refractivity contribution >= 4 is 108 Å². The lowest BCUT2D eigenvalue weighted by Gasteiger charge is -2.28. The number of halogens is 1. The van der Waals surface area contributed by atoms with Crippen LogP contribution in [0.2, 0.25) is 0 Å². The molecule has 4 amide bonds. The van der Waals surface area contributed by atoms with E-state index in [-0.39, 0.29) is 88.8 Å². The average Bonchev–Trinajstić information content (AvgIpc) is 1.64. The van der Waals surface area contributed by atoms with Crippen molar-refractivity contribution in [2.45, 2.75) is 96.6 Å². The molecule has 0 unspecified atom stereocenters. The Morgan fingerprint density at radius 2 is 0.808 bits per heavy atom. The van der Waals surface area contributed by atoms with E-state index in [2.05, 4.69) is 21.2 Å². The van der Waals surface area contributed by atoms with Crippen LogP contribution in [0.15, 0.2) is 146 Å². The summed E-state index contributed by atoms with van der Waals surface area (Å²) in [7, 11) is -7.28. The first kappa shape index (κ1) is 98.8. The lowest BCUT2D eigenvalue weighted by atomic mass is 10.1. The van der Waals surface area contributed by atoms with E-state index in [1.165, 1.54) is 56.8 Å². The number of carbonyl (C=O) groups is 5. The van der Waals surface area contributed by atoms with Gasteiger partial charge in [0.25, 0.3) is 29.1 Å². The Bertz CT molecular complexity index is 5780. The maximum Gasteiger partial charge on any atom is 0.345 e. The predicted molar refractivity (Wildman–Crippen MR) is 474 cm³/mol. The molecule has 8 aromatic rings. The smallest absolute Gasteiger partial charge is 0.345 e. The number of hydrogen-bond acceptors (Lipinski definition) is 28. The van der Waals surface area contributed by atoms with E-state index >= 15 is 0 Å². The van der Waals surface area contributed by atoms with Gasteiger partial charge in [0.1, 0.15) is 50.5 Å². The molecule has 5 N–H and O–H groups in total. The van der Waals surface area contributed by atoms with Gasteiger partial charge in [-0.1, -0.05) is 88.7 Å². The molecule has 0 saturated heterocycles. The number of alkyl halides is 1. The van der Waals surface area contributed by atoms with Crippen molar-refractivity contribution in [1.29, 1.82) is 0 Å². The van der Waals surface area contributed by atoms with Crippen molar-refractivity contribution in [2.24, 2.45) is 11.7 Å². The maximum absolute atomic E-state index is 13.5. The molecule has 0 aromatic heterocycles. The number of rotatable bonds is 34. The lowest BCUT2D eigenvalue weighted by molar-refractivity contribution is -0.385. The number of nitrogen functional groups attached to an aromatic ring is 1. The third-order valence-electron chi connectivity index (χ3n) is 19.8. The number of nitro benzene ring substituents is 2. The second-order valence-electron chi connectivity index (χ2n) is 29.2. The lowest BCUT2D eigenvalue weighted by Crippen LogP contribution is -2.34. The van der Waals surface area contributed by atoms with E-state index in [0.29, 0.717) is 140 Å². The SMILES string of the molecule is CCOC(=O)c1c(CBr)cccc1[N+](=O)[O-].CCOc1cc([C@@H](CS(C)(=O)=O)[15N]2Cc3cccc(N)c3C2=O)ccc1OC.CCOc1cc([C@@H](CS(C)(=O)=O)[15N]2Cc3cccc(NC(=O)C4CC4)c3C2=O)ccc1OC.CCOc1cc([C@@H](CS(C)(=O)=O)[15N]2Cc3cccc([N+](=O)[O-])c3C2=O)ccc1OC.CCOc1cc([C@H]([15NH2])CS(C)(=O)=O)ccc1OC. The van der Waals surface area contributed by atoms with Crippen LogP contribution in [0.4, 0.5) is 22.7 Å². The van der Waals surface area contributed by atoms with Gasteiger partial charge in [0.15, 0.2) is 46.0 Å². The molecule has 0 spiro atoms. The minimum Gasteiger partial charge on any atom is -0.493 e. The Morgan fingerprint density at radius 1 is 0.464 bits per heavy atom. The van der Waals surface area contributed by atoms with Gasteiger partial charge in [-0.25, -0.2) is 38.5 Å². The van der Waals surface area contributed by atoms with E-state index in [0.717, 1.165) is 42.7 Å². The van der Waals surface area contributed by atoms with Crippen LogP contribution in [0.1, 0.15) is 158 Å². The van der Waals surface area contributed by atoms with Gasteiger partial charge in [0.2, 0.25) is 5.91 Å². The number of nitro groups is 2. The molecule has 8 aromatic carbocycles. The van der Waals surface area contributed by atoms with Gasteiger partial charge in [-0.05, 0) is 153 Å². The van der Waals surface area contributed by atoms with Crippen LogP contribution in [-0.4, -0.2) is 197 Å². The quantitative estimate of drug-likeness (QED) is 0.00842. The van der Waals surface area contributed by atoms with Gasteiger partial charge in [-0.15, -0.1) is 0 Å². The van der Waals surface area contributed by atoms with E-state index < -0.39 is 85.2 Å². The summed E-state index contributed by atoms with van der Waals surface area (Å²) < 4.78 is 144. The van der Waals surface area contributed by atoms with Crippen LogP contribution in [0.3, 0.4) is 0 Å². The number of nitrogens with one attached hydrogen (secondary N) is 1. The summed E-state index contributed by atoms with van der Waals surface area (Å²) in [4.78, 5) is 89.1. The molecule has 12 rings (SSSR count). The third kappa shape index (κ3) is 26.2. The summed E-state index contributed by atoms with van der Waals surface area (Å²) in [6.07, 6.45) is 6.29. The summed E-state index contributed by atoms with van der Waals surface area (Å²) in [6.45, 7) is 11.5. The first-order chi connectivity index (χ1) is 59.1. The number of esters is 1. The molecule has 39 heteroatoms. The molecular weight excluding hydrogens is 1770 g/mol. The number of fused-ring (bicyclic) bond motifs is 3. The highest BCUT2D eigenvalue weighted by Gasteiger charge is 2.43. The average molecular weight is 1880 g/mol. The Kier molecular flexibility index (Phi) is 34.6. The number of benzene rings is 8. The zero-order chi connectivity index (χ0) is 92.2. The summed E-state index contributed by atoms with van der Waals surface area (Å²) in [5.41, 5.74) is 18.2. The number of hydrogen-bond donors (Lipinski definition) is 3. The number of nitrogens with two attached hydrogens (primary N) is 2. The topological polar surface area (TPSA) is 465 Å². The molecular formula is C86H103BrN8O26S4. The van der Waals surface area contributed by atoms with Crippen LogP contribution in [0.25, 0.3) is 0 Å². The largest absolute Gasteiger partial charge is 0.493 e. The number of amides is 4. The summed E-state index contributed by atoms with van der Waals surface area (Å²) in [5.74, 6) is 1.37. The standard InChI is InChI=1S/C24H28N2O6S.C20H22N2O7S.C20H24N2O5S.C12H19NO4S.C10H10BrNO4/c1-4-32-21-12-16(10-11-20(21)31-2)19(14-33(3,29)30)26-13-17-6-5-7-18(22(17)24(26)28)25-23(27)15-8-9-15;1-4-29-18-10-13(8-9-17(18)28-2)16(12-30(3,26)27)21-11-14-6-5-7-15(22(24)25)19(14)20(21)23;1-4-27-18-10-13(8-9-17(18)26-2)16(12-28(3,24)25)22-11-14-6-5-7-15(21)19(14)20(22)23;1-4-17-12-7-9(5-6-11(12)16-2)10(13)8-18(3,14)15;1-2-16-10(13)9-7(6-11)4-3-5-8(9)12(14)15/h5-7,10-12,15,19H,4,8-9,13-14H2,1-3H3,(H,25,27);5-10,16H,4,11-12H2,1-3H3;5-10,16H,4,11-12,21H2,1-3H3;5-7,10H,4,8,13H2,1-3H3;3-5H,2,6H2,1H3/t19-;2*16-;10-;/m1111./s1/i26+1;21+1;22+1;13+1;. The van der Waals surface area contributed by atoms with Gasteiger partial charge >= 0.3 is 5.97 Å². The Labute approximate surface area is 735 Å². The highest BCUT2D eigenvalue weighted by molar-refractivity contribution is 9.08. The van der Waals surface area contributed by atoms with E-state index in [4.69, 9.17) is 54.1 Å². The molecule has 4 aliphatic rings. The van der Waals surface area contributed by atoms with Gasteiger partial charge in [-0.3, -0.25) is 39.4 Å². The Morgan fingerprint density at radius 3 is 1.17 bits per heavy atom. The molecule has 1 fully saturated rings. The molecule has 674 valence electrons. The monoisotopic (exact) mass is 1870 g/mol. The van der Waals surface area contributed by atoms with Gasteiger partial charge in [-0.2, -0.15) is 0 Å². The van der Waals surface area contributed by atoms with Crippen LogP contribution in [-0.2, 0) is 73.8 Å². The summed E-state index contributed by atoms with van der Waals surface area (Å²) in [6, 6.07) is 37.3. The first-order valence-electron chi connectivity index (χ1n) is 39.3. The number of sulfone groups is 4. The summed E-state index contributed by atoms with van der Waals surface area (Å²) >= 11 is 3.18. The molecule has 4 atom stereocenters. The van der Waals surface area contributed by atoms with Crippen molar-refractivity contribution in [3.63, 3.8) is 0 Å². The second kappa shape index (κ2) is 43.8. The molecule has 3 aliphatic heterocycles. The van der Waals surface area contributed by atoms with E-state index in [1.54, 1.807) is 140 Å². The van der Waals surface area contributed by atoms with Crippen molar-refractivity contribution in [2.75, 3.05) is 121 Å². The summed E-state index contributed by atoms with van der Waals surface area (Å²) in [5, 5.41) is 25.4. The molecule has 0 bridgehead atoms. The van der Waals surface area contributed by atoms with Crippen LogP contribution in [0, 0.1) is 26.1 Å². The van der Waals surface area contributed by atoms with Crippen LogP contribution >= 0.6 is 15.9 Å². The maximum atomic E-state index is 13.5. The van der Waals surface area contributed by atoms with Gasteiger partial charge in [0.05, 0.1) is 129 Å². The fourth-order valence-electron chi connectivity index (χ4n) is 14.1. The Hall–Kier alpha value is -11.7. The molecule has 125 heavy (non-hydrogen) atoms. The number of methoxy groups -OCH3 is 4. The first-order valence-corrected chi connectivity index (χ1v) is 48.7. The highest BCUT2D eigenvalue weighted by atomic mass is 79.9. The van der Waals surface area contributed by atoms with Gasteiger partial charge in [0, 0.05) is 79.8 Å². The van der Waals surface area contributed by atoms with E-state index in [1.807, 2.05) is 32.9 Å². The van der Waals surface area contributed by atoms with E-state index in [9.17, 15) is 77.9 Å². The van der Waals surface area contributed by atoms with Crippen molar-refractivity contribution in [3.8, 4) is 46.0 Å². The van der Waals surface area contributed by atoms with Crippen molar-refractivity contribution in [1.82, 2.24) is 14.7 Å². The van der Waals surface area contributed by atoms with Crippen LogP contribution in [0.5, 0.6) is 46.0 Å². The normalized spacial score (nSPS) is 14.2. The Balaban J connectivity index is 0.000000198. The van der Waals surface area contributed by atoms with Crippen molar-refractivity contribution in [3.05, 3.63) is 233 Å². The number of anilines is 2. The number of nitrogens with zero attached hydrogens (tertiary/aromatic N) is 5. The molecule has 3 heterocycles. The zero-order valence-electron chi connectivity index (χ0n) is 71.4. The minimum atomic E-state index is -3.49. The zero-order valence-corrected chi connectivity index (χ0v) is 76.2. The van der Waals surface area contributed by atoms with Gasteiger partial charge < -0.3 is 74.1 Å². The van der Waals surface area contributed by atoms with Crippen molar-refractivity contribution < 1.29 is 110 Å². The molecule has 34 nitrogen and oxygen atoms in total. The molecule has 1 aliphatic carbocycles. The fraction of sp³-hybridized carbons (Fsp3) is 0.384. The fourth-order valence-corrected chi connectivity index (χ4v) is 18.3. The number of ether oxygens (including phenoxy) is 9. The minimum absolute atomic E-state index is 0.000422. The van der Waals surface area contributed by atoms with Crippen LogP contribution < -0.4 is 54.7 Å². The predicted octanol–water partition coefficient (Wildman–Crippen LogP) is 12.2. The second-order valence-corrected chi connectivity index (χ2v) is 38.5. The highest BCUT2D eigenvalue weighted by Crippen LogP contribution is 2.44. The molecule has 0 radical (unpaired) electrons. The molecule has 1 saturated carbocycles. The third-order valence-corrected chi connectivity index (χ3v) is 24.1. The number of carbonyl (C=O) groups excluding carboxylic acids is 5.